The normalized spacial score (nSPS) is 22.5. The van der Waals surface area contributed by atoms with Gasteiger partial charge in [0.15, 0.2) is 12.1 Å². The second-order valence-corrected chi connectivity index (χ2v) is 6.23. The summed E-state index contributed by atoms with van der Waals surface area (Å²) < 4.78 is 8.65. The number of ether oxygens (including phenoxy) is 1. The average molecular weight is 294 g/mol. The van der Waals surface area contributed by atoms with Crippen molar-refractivity contribution in [2.24, 2.45) is 5.92 Å². The fourth-order valence-electron chi connectivity index (χ4n) is 3.22. The second-order valence-electron chi connectivity index (χ2n) is 6.23. The number of likely N-dealkylation sites (N-methyl/N-ethyl adjacent to an activating group) is 1. The Labute approximate surface area is 133 Å². The lowest BCUT2D eigenvalue weighted by Gasteiger charge is -2.13. The zero-order valence-corrected chi connectivity index (χ0v) is 13.6. The van der Waals surface area contributed by atoms with Crippen molar-refractivity contribution in [1.82, 2.24) is 0 Å². The zero-order chi connectivity index (χ0) is 15.5. The lowest BCUT2D eigenvalue weighted by Crippen LogP contribution is -2.24. The average Bonchev–Trinajstić information content (AvgIpc) is 2.85. The van der Waals surface area contributed by atoms with E-state index in [1.54, 1.807) is 0 Å². The Kier molecular flexibility index (Phi) is 4.28. The third kappa shape index (κ3) is 2.92. The van der Waals surface area contributed by atoms with Gasteiger partial charge in [-0.3, -0.25) is 0 Å². The first kappa shape index (κ1) is 14.8. The summed E-state index contributed by atoms with van der Waals surface area (Å²) >= 11 is 0. The summed E-state index contributed by atoms with van der Waals surface area (Å²) in [5, 5.41) is 0. The maximum atomic E-state index is 6.35. The zero-order valence-electron chi connectivity index (χ0n) is 13.6. The molecule has 2 aromatic carbocycles. The Morgan fingerprint density at radius 3 is 2.23 bits per heavy atom. The Bertz CT molecular complexity index is 648. The maximum Gasteiger partial charge on any atom is 0.340 e. The van der Waals surface area contributed by atoms with Gasteiger partial charge in [-0.05, 0) is 24.5 Å². The molecule has 2 heteroatoms. The van der Waals surface area contributed by atoms with Gasteiger partial charge in [-0.25, -0.2) is 0 Å². The van der Waals surface area contributed by atoms with Crippen LogP contribution in [0.4, 0.5) is 0 Å². The fraction of sp³-hybridized carbons (Fsp3) is 0.350. The van der Waals surface area contributed by atoms with E-state index in [4.69, 9.17) is 4.74 Å². The van der Waals surface area contributed by atoms with Crippen molar-refractivity contribution >= 4 is 5.90 Å². The van der Waals surface area contributed by atoms with Crippen LogP contribution in [-0.2, 0) is 11.2 Å². The minimum atomic E-state index is 0.124. The number of benzene rings is 2. The topological polar surface area (TPSA) is 12.2 Å². The monoisotopic (exact) mass is 294 g/mol. The van der Waals surface area contributed by atoms with Crippen molar-refractivity contribution in [3.63, 3.8) is 0 Å². The largest absolute Gasteiger partial charge is 0.433 e. The molecule has 1 aliphatic rings. The Hall–Kier alpha value is -2.09. The van der Waals surface area contributed by atoms with E-state index in [0.29, 0.717) is 12.0 Å². The summed E-state index contributed by atoms with van der Waals surface area (Å²) in [7, 11) is 2.14. The predicted molar refractivity (Wildman–Crippen MR) is 90.2 cm³/mol. The van der Waals surface area contributed by atoms with Crippen LogP contribution in [-0.4, -0.2) is 23.6 Å². The number of hydrogen-bond acceptors (Lipinski definition) is 1. The van der Waals surface area contributed by atoms with E-state index in [1.807, 2.05) is 0 Å². The van der Waals surface area contributed by atoms with Gasteiger partial charge in [0, 0.05) is 6.92 Å². The van der Waals surface area contributed by atoms with Crippen LogP contribution in [0.3, 0.4) is 0 Å². The van der Waals surface area contributed by atoms with Gasteiger partial charge in [-0.2, -0.15) is 4.58 Å². The highest BCUT2D eigenvalue weighted by Gasteiger charge is 2.41. The van der Waals surface area contributed by atoms with Crippen molar-refractivity contribution in [1.29, 1.82) is 0 Å². The molecule has 1 heterocycles. The molecule has 0 aliphatic carbocycles. The SMILES string of the molecule is C[C@@H](Cc1ccccc1)C1=[N+](C)[C@@H](C)[C@H](c2ccccc2)O1. The lowest BCUT2D eigenvalue weighted by molar-refractivity contribution is -0.529. The van der Waals surface area contributed by atoms with Gasteiger partial charge in [0.1, 0.15) is 7.05 Å². The first-order valence-electron chi connectivity index (χ1n) is 8.02. The van der Waals surface area contributed by atoms with E-state index in [9.17, 15) is 0 Å². The highest BCUT2D eigenvalue weighted by atomic mass is 16.5. The smallest absolute Gasteiger partial charge is 0.340 e. The standard InChI is InChI=1S/C20H24NO/c1-15(14-17-10-6-4-7-11-17)20-21(3)16(2)19(22-20)18-12-8-5-9-13-18/h4-13,15-16,19H,14H2,1-3H3/q+1/t15-,16-,19+/m0/s1. The summed E-state index contributed by atoms with van der Waals surface area (Å²) in [6.45, 7) is 4.48. The van der Waals surface area contributed by atoms with Crippen molar-refractivity contribution < 1.29 is 9.31 Å². The molecule has 0 saturated heterocycles. The highest BCUT2D eigenvalue weighted by molar-refractivity contribution is 5.75. The molecule has 2 aromatic rings. The molecule has 22 heavy (non-hydrogen) atoms. The molecular weight excluding hydrogens is 270 g/mol. The molecule has 0 spiro atoms. The highest BCUT2D eigenvalue weighted by Crippen LogP contribution is 2.30. The van der Waals surface area contributed by atoms with E-state index >= 15 is 0 Å². The molecule has 0 unspecified atom stereocenters. The Balaban J connectivity index is 1.76. The van der Waals surface area contributed by atoms with Crippen LogP contribution in [0.5, 0.6) is 0 Å². The molecule has 1 aliphatic heterocycles. The molecule has 2 nitrogen and oxygen atoms in total. The number of rotatable bonds is 4. The summed E-state index contributed by atoms with van der Waals surface area (Å²) in [4.78, 5) is 0. The van der Waals surface area contributed by atoms with Crippen molar-refractivity contribution in [2.75, 3.05) is 7.05 Å². The van der Waals surface area contributed by atoms with E-state index in [0.717, 1.165) is 12.3 Å². The third-order valence-corrected chi connectivity index (χ3v) is 4.58. The quantitative estimate of drug-likeness (QED) is 0.774. The molecule has 0 bridgehead atoms. The van der Waals surface area contributed by atoms with E-state index in [1.165, 1.54) is 11.1 Å². The molecule has 3 atom stereocenters. The van der Waals surface area contributed by atoms with Gasteiger partial charge >= 0.3 is 5.90 Å². The van der Waals surface area contributed by atoms with Crippen LogP contribution < -0.4 is 0 Å². The molecule has 3 rings (SSSR count). The molecule has 0 saturated carbocycles. The van der Waals surface area contributed by atoms with Crippen LogP contribution in [0.2, 0.25) is 0 Å². The first-order valence-corrected chi connectivity index (χ1v) is 8.02. The summed E-state index contributed by atoms with van der Waals surface area (Å²) in [6.07, 6.45) is 1.13. The van der Waals surface area contributed by atoms with Crippen LogP contribution >= 0.6 is 0 Å². The maximum absolute atomic E-state index is 6.35. The molecule has 114 valence electrons. The lowest BCUT2D eigenvalue weighted by atomic mass is 10.0. The molecule has 0 radical (unpaired) electrons. The van der Waals surface area contributed by atoms with E-state index < -0.39 is 0 Å². The molecule has 0 fully saturated rings. The van der Waals surface area contributed by atoms with E-state index in [-0.39, 0.29) is 6.10 Å². The van der Waals surface area contributed by atoms with Crippen LogP contribution in [0.1, 0.15) is 31.1 Å². The Morgan fingerprint density at radius 1 is 1.00 bits per heavy atom. The van der Waals surface area contributed by atoms with Gasteiger partial charge in [0.2, 0.25) is 0 Å². The van der Waals surface area contributed by atoms with Crippen LogP contribution in [0.15, 0.2) is 60.7 Å². The summed E-state index contributed by atoms with van der Waals surface area (Å²) in [5.41, 5.74) is 2.61. The first-order chi connectivity index (χ1) is 10.7. The summed E-state index contributed by atoms with van der Waals surface area (Å²) in [5.74, 6) is 1.48. The minimum Gasteiger partial charge on any atom is -0.433 e. The molecule has 0 N–H and O–H groups in total. The van der Waals surface area contributed by atoms with Crippen molar-refractivity contribution in [3.05, 3.63) is 71.8 Å². The molecular formula is C20H24NO+. The van der Waals surface area contributed by atoms with Gasteiger partial charge in [0.25, 0.3) is 0 Å². The molecule has 0 amide bonds. The van der Waals surface area contributed by atoms with Gasteiger partial charge in [0.05, 0.1) is 5.92 Å². The van der Waals surface area contributed by atoms with Crippen molar-refractivity contribution in [3.8, 4) is 0 Å². The van der Waals surface area contributed by atoms with E-state index in [2.05, 4.69) is 86.1 Å². The van der Waals surface area contributed by atoms with Gasteiger partial charge < -0.3 is 4.74 Å². The number of nitrogens with zero attached hydrogens (tertiary/aromatic N) is 1. The third-order valence-electron chi connectivity index (χ3n) is 4.58. The summed E-state index contributed by atoms with van der Waals surface area (Å²) in [6, 6.07) is 21.5. The minimum absolute atomic E-state index is 0.124. The fourth-order valence-corrected chi connectivity index (χ4v) is 3.22. The van der Waals surface area contributed by atoms with Gasteiger partial charge in [-0.1, -0.05) is 60.7 Å². The van der Waals surface area contributed by atoms with Crippen LogP contribution in [0, 0.1) is 5.92 Å². The number of hydrogen-bond donors (Lipinski definition) is 0. The Morgan fingerprint density at radius 2 is 1.59 bits per heavy atom. The second kappa shape index (κ2) is 6.35. The van der Waals surface area contributed by atoms with Gasteiger partial charge in [-0.15, -0.1) is 0 Å². The predicted octanol–water partition coefficient (Wildman–Crippen LogP) is 4.07. The van der Waals surface area contributed by atoms with Crippen molar-refractivity contribution in [2.45, 2.75) is 32.4 Å². The molecule has 0 aromatic heterocycles. The van der Waals surface area contributed by atoms with Crippen LogP contribution in [0.25, 0.3) is 0 Å².